The molecule has 1 unspecified atom stereocenters. The molecule has 6 nitrogen and oxygen atoms in total. The van der Waals surface area contributed by atoms with E-state index in [0.29, 0.717) is 5.56 Å². The van der Waals surface area contributed by atoms with E-state index in [9.17, 15) is 26.4 Å². The molecule has 10 heteroatoms. The number of hydrogen-bond donors (Lipinski definition) is 1. The van der Waals surface area contributed by atoms with Crippen LogP contribution in [0.1, 0.15) is 24.1 Å². The molecule has 0 aliphatic carbocycles. The maximum absolute atomic E-state index is 12.7. The molecule has 0 radical (unpaired) electrons. The Morgan fingerprint density at radius 2 is 1.82 bits per heavy atom. The SMILES string of the molecule is CC(c1cccc(S(N)(=O)=O)c1)N(C)C(=O)COc1cccc(C(F)(F)F)c1. The lowest BCUT2D eigenvalue weighted by Crippen LogP contribution is -2.33. The van der Waals surface area contributed by atoms with Gasteiger partial charge in [-0.2, -0.15) is 13.2 Å². The number of likely N-dealkylation sites (N-methyl/N-ethyl adjacent to an activating group) is 1. The third-order valence-corrected chi connectivity index (χ3v) is 5.08. The fourth-order valence-corrected chi connectivity index (χ4v) is 2.97. The van der Waals surface area contributed by atoms with Gasteiger partial charge in [-0.25, -0.2) is 13.6 Å². The molecule has 0 aliphatic heterocycles. The van der Waals surface area contributed by atoms with Gasteiger partial charge < -0.3 is 9.64 Å². The Kier molecular flexibility index (Phi) is 6.35. The molecule has 2 rings (SSSR count). The Morgan fingerprint density at radius 3 is 2.43 bits per heavy atom. The first kappa shape index (κ1) is 21.7. The number of primary sulfonamides is 1. The van der Waals surface area contributed by atoms with E-state index in [1.54, 1.807) is 13.0 Å². The van der Waals surface area contributed by atoms with Crippen LogP contribution in [-0.4, -0.2) is 32.9 Å². The van der Waals surface area contributed by atoms with Crippen molar-refractivity contribution in [2.75, 3.05) is 13.7 Å². The van der Waals surface area contributed by atoms with Crippen molar-refractivity contribution in [1.29, 1.82) is 0 Å². The molecule has 28 heavy (non-hydrogen) atoms. The van der Waals surface area contributed by atoms with Gasteiger partial charge in [-0.3, -0.25) is 4.79 Å². The van der Waals surface area contributed by atoms with E-state index in [2.05, 4.69) is 0 Å². The fourth-order valence-electron chi connectivity index (χ4n) is 2.40. The fraction of sp³-hybridized carbons (Fsp3) is 0.278. The summed E-state index contributed by atoms with van der Waals surface area (Å²) in [7, 11) is -2.41. The summed E-state index contributed by atoms with van der Waals surface area (Å²) < 4.78 is 66.3. The number of amides is 1. The lowest BCUT2D eigenvalue weighted by Gasteiger charge is -2.25. The Morgan fingerprint density at radius 1 is 1.18 bits per heavy atom. The average Bonchev–Trinajstić information content (AvgIpc) is 2.64. The summed E-state index contributed by atoms with van der Waals surface area (Å²) >= 11 is 0. The molecule has 0 saturated carbocycles. The van der Waals surface area contributed by atoms with Crippen LogP contribution in [0.25, 0.3) is 0 Å². The van der Waals surface area contributed by atoms with Gasteiger partial charge in [-0.15, -0.1) is 0 Å². The van der Waals surface area contributed by atoms with Crippen molar-refractivity contribution >= 4 is 15.9 Å². The van der Waals surface area contributed by atoms with Crippen molar-refractivity contribution in [2.45, 2.75) is 24.0 Å². The number of sulfonamides is 1. The van der Waals surface area contributed by atoms with E-state index in [-0.39, 0.29) is 10.6 Å². The highest BCUT2D eigenvalue weighted by atomic mass is 32.2. The van der Waals surface area contributed by atoms with Crippen LogP contribution in [0, 0.1) is 0 Å². The van der Waals surface area contributed by atoms with E-state index in [1.165, 1.54) is 42.3 Å². The van der Waals surface area contributed by atoms with Crippen LogP contribution in [-0.2, 0) is 21.0 Å². The normalized spacial score (nSPS) is 13.1. The van der Waals surface area contributed by atoms with Crippen LogP contribution >= 0.6 is 0 Å². The molecule has 0 heterocycles. The van der Waals surface area contributed by atoms with E-state index in [4.69, 9.17) is 9.88 Å². The van der Waals surface area contributed by atoms with Gasteiger partial charge in [0.05, 0.1) is 16.5 Å². The summed E-state index contributed by atoms with van der Waals surface area (Å²) in [5, 5.41) is 5.11. The van der Waals surface area contributed by atoms with Gasteiger partial charge in [-0.1, -0.05) is 18.2 Å². The van der Waals surface area contributed by atoms with Gasteiger partial charge in [0.25, 0.3) is 5.91 Å². The zero-order chi connectivity index (χ0) is 21.1. The second-order valence-electron chi connectivity index (χ2n) is 6.11. The molecule has 0 saturated heterocycles. The second kappa shape index (κ2) is 8.19. The van der Waals surface area contributed by atoms with Gasteiger partial charge in [0.1, 0.15) is 5.75 Å². The Labute approximate surface area is 160 Å². The van der Waals surface area contributed by atoms with Crippen molar-refractivity contribution in [3.63, 3.8) is 0 Å². The zero-order valence-electron chi connectivity index (χ0n) is 15.1. The van der Waals surface area contributed by atoms with Gasteiger partial charge in [0, 0.05) is 7.05 Å². The Balaban J connectivity index is 2.07. The summed E-state index contributed by atoms with van der Waals surface area (Å²) in [5.74, 6) is -0.577. The van der Waals surface area contributed by atoms with E-state index in [1.807, 2.05) is 0 Å². The van der Waals surface area contributed by atoms with Crippen LogP contribution in [0.4, 0.5) is 13.2 Å². The molecule has 2 aromatic rings. The largest absolute Gasteiger partial charge is 0.484 e. The van der Waals surface area contributed by atoms with Gasteiger partial charge in [-0.05, 0) is 42.8 Å². The Bertz CT molecular complexity index is 961. The van der Waals surface area contributed by atoms with Crippen molar-refractivity contribution in [1.82, 2.24) is 4.90 Å². The summed E-state index contributed by atoms with van der Waals surface area (Å²) in [6.45, 7) is 1.20. The molecule has 2 N–H and O–H groups in total. The first-order valence-electron chi connectivity index (χ1n) is 8.08. The molecular weight excluding hydrogens is 397 g/mol. The highest BCUT2D eigenvalue weighted by Gasteiger charge is 2.30. The molecule has 152 valence electrons. The van der Waals surface area contributed by atoms with E-state index in [0.717, 1.165) is 12.1 Å². The summed E-state index contributed by atoms with van der Waals surface area (Å²) in [6.07, 6.45) is -4.51. The van der Waals surface area contributed by atoms with Crippen LogP contribution in [0.15, 0.2) is 53.4 Å². The van der Waals surface area contributed by atoms with Crippen LogP contribution in [0.3, 0.4) is 0 Å². The lowest BCUT2D eigenvalue weighted by atomic mass is 10.1. The predicted molar refractivity (Wildman–Crippen MR) is 95.9 cm³/mol. The first-order chi connectivity index (χ1) is 12.9. The van der Waals surface area contributed by atoms with Crippen LogP contribution in [0.2, 0.25) is 0 Å². The monoisotopic (exact) mass is 416 g/mol. The van der Waals surface area contributed by atoms with Crippen molar-refractivity contribution in [3.8, 4) is 5.75 Å². The highest BCUT2D eigenvalue weighted by Crippen LogP contribution is 2.31. The molecule has 2 aromatic carbocycles. The number of nitrogens with two attached hydrogens (primary N) is 1. The molecule has 1 amide bonds. The third kappa shape index (κ3) is 5.46. The quantitative estimate of drug-likeness (QED) is 0.784. The maximum atomic E-state index is 12.7. The number of halogens is 3. The third-order valence-electron chi connectivity index (χ3n) is 4.17. The minimum Gasteiger partial charge on any atom is -0.484 e. The number of benzene rings is 2. The van der Waals surface area contributed by atoms with Crippen LogP contribution < -0.4 is 9.88 Å². The number of carbonyl (C=O) groups is 1. The lowest BCUT2D eigenvalue weighted by molar-refractivity contribution is -0.137. The van der Waals surface area contributed by atoms with E-state index < -0.39 is 40.3 Å². The summed E-state index contributed by atoms with van der Waals surface area (Å²) in [6, 6.07) is 9.55. The minimum absolute atomic E-state index is 0.0829. The van der Waals surface area contributed by atoms with Gasteiger partial charge >= 0.3 is 6.18 Å². The topological polar surface area (TPSA) is 89.7 Å². The van der Waals surface area contributed by atoms with Gasteiger partial charge in [0.15, 0.2) is 6.61 Å². The molecule has 0 spiro atoms. The smallest absolute Gasteiger partial charge is 0.416 e. The van der Waals surface area contributed by atoms with Crippen molar-refractivity contribution in [3.05, 3.63) is 59.7 Å². The predicted octanol–water partition coefficient (Wildman–Crippen LogP) is 2.95. The molecule has 0 aromatic heterocycles. The molecule has 0 fully saturated rings. The van der Waals surface area contributed by atoms with E-state index >= 15 is 0 Å². The highest BCUT2D eigenvalue weighted by molar-refractivity contribution is 7.89. The number of nitrogens with zero attached hydrogens (tertiary/aromatic N) is 1. The standard InChI is InChI=1S/C18H19F3N2O4S/c1-12(13-5-3-8-16(9-13)28(22,25)26)23(2)17(24)11-27-15-7-4-6-14(10-15)18(19,20)21/h3-10,12H,11H2,1-2H3,(H2,22,25,26). The van der Waals surface area contributed by atoms with Crippen molar-refractivity contribution < 1.29 is 31.1 Å². The number of ether oxygens (including phenoxy) is 1. The average molecular weight is 416 g/mol. The van der Waals surface area contributed by atoms with Crippen LogP contribution in [0.5, 0.6) is 5.75 Å². The van der Waals surface area contributed by atoms with Crippen molar-refractivity contribution in [2.24, 2.45) is 5.14 Å². The summed E-state index contributed by atoms with van der Waals surface area (Å²) in [5.41, 5.74) is -0.347. The molecule has 0 bridgehead atoms. The minimum atomic E-state index is -4.51. The summed E-state index contributed by atoms with van der Waals surface area (Å²) in [4.78, 5) is 13.5. The van der Waals surface area contributed by atoms with Gasteiger partial charge in [0.2, 0.25) is 10.0 Å². The zero-order valence-corrected chi connectivity index (χ0v) is 15.9. The molecule has 0 aliphatic rings. The number of rotatable bonds is 6. The maximum Gasteiger partial charge on any atom is 0.416 e. The molecule has 1 atom stereocenters. The number of hydrogen-bond acceptors (Lipinski definition) is 4. The first-order valence-corrected chi connectivity index (χ1v) is 9.62. The second-order valence-corrected chi connectivity index (χ2v) is 7.67. The Hall–Kier alpha value is -2.59. The number of alkyl halides is 3. The molecular formula is C18H19F3N2O4S. The number of carbonyl (C=O) groups excluding carboxylic acids is 1.